The third-order valence-electron chi connectivity index (χ3n) is 3.18. The van der Waals surface area contributed by atoms with Gasteiger partial charge >= 0.3 is 27.9 Å². The van der Waals surface area contributed by atoms with Crippen molar-refractivity contribution in [1.82, 2.24) is 4.57 Å². The highest BCUT2D eigenvalue weighted by atomic mass is 31.2. The Kier molecular flexibility index (Phi) is 7.18. The van der Waals surface area contributed by atoms with Crippen LogP contribution in [0.5, 0.6) is 0 Å². The summed E-state index contributed by atoms with van der Waals surface area (Å²) in [5.41, 5.74) is 0. The molecule has 0 amide bonds. The maximum absolute atomic E-state index is 11.3. The van der Waals surface area contributed by atoms with Crippen molar-refractivity contribution in [1.29, 1.82) is 0 Å². The first-order valence-corrected chi connectivity index (χ1v) is 10.9. The van der Waals surface area contributed by atoms with E-state index in [1.165, 1.54) is 0 Å². The number of aliphatic hydroxyl groups is 2. The number of aromatic nitrogens is 2. The Morgan fingerprint density at radius 2 is 1.40 bits per heavy atom. The van der Waals surface area contributed by atoms with Crippen LogP contribution in [-0.4, -0.2) is 54.6 Å². The summed E-state index contributed by atoms with van der Waals surface area (Å²) < 4.78 is 35.4. The molecular formula is C9H22N2O11P3+. The van der Waals surface area contributed by atoms with Crippen LogP contribution in [0.3, 0.4) is 0 Å². The summed E-state index contributed by atoms with van der Waals surface area (Å²) in [6.07, 6.45) is 3.09. The molecule has 1 unspecified atom stereocenters. The summed E-state index contributed by atoms with van der Waals surface area (Å²) in [4.78, 5) is 54.2. The second-order valence-corrected chi connectivity index (χ2v) is 11.4. The molecule has 1 atom stereocenters. The summed E-state index contributed by atoms with van der Waals surface area (Å²) in [6.45, 7) is -0.971. The average molecular weight is 427 g/mol. The molecule has 8 N–H and O–H groups in total. The molecule has 1 heterocycles. The van der Waals surface area contributed by atoms with Gasteiger partial charge in [-0.1, -0.05) is 7.43 Å². The van der Waals surface area contributed by atoms with E-state index in [0.717, 1.165) is 34.8 Å². The Morgan fingerprint density at radius 1 is 0.960 bits per heavy atom. The predicted octanol–water partition coefficient (Wildman–Crippen LogP) is -1.70. The van der Waals surface area contributed by atoms with Crippen LogP contribution in [0, 0.1) is 0 Å². The minimum atomic E-state index is -5.64. The van der Waals surface area contributed by atoms with Crippen molar-refractivity contribution in [2.45, 2.75) is 37.9 Å². The second-order valence-electron chi connectivity index (χ2n) is 5.38. The van der Waals surface area contributed by atoms with Crippen LogP contribution in [0.2, 0.25) is 0 Å². The molecule has 0 saturated heterocycles. The fourth-order valence-corrected chi connectivity index (χ4v) is 4.06. The molecule has 0 radical (unpaired) electrons. The van der Waals surface area contributed by atoms with Crippen LogP contribution in [-0.2, 0) is 26.8 Å². The van der Waals surface area contributed by atoms with Crippen molar-refractivity contribution < 1.29 is 57.8 Å². The van der Waals surface area contributed by atoms with Crippen LogP contribution in [0.15, 0.2) is 18.7 Å². The number of imidazole rings is 1. The van der Waals surface area contributed by atoms with Gasteiger partial charge in [0.15, 0.2) is 0 Å². The van der Waals surface area contributed by atoms with E-state index in [2.05, 4.69) is 0 Å². The molecule has 0 aliphatic carbocycles. The molecule has 148 valence electrons. The van der Waals surface area contributed by atoms with Gasteiger partial charge < -0.3 is 39.6 Å². The number of hydrogen-bond donors (Lipinski definition) is 8. The van der Waals surface area contributed by atoms with Gasteiger partial charge in [-0.05, 0) is 6.92 Å². The number of nitrogens with zero attached hydrogens (tertiary/aromatic N) is 2. The van der Waals surface area contributed by atoms with E-state index in [9.17, 15) is 23.9 Å². The Bertz CT molecular complexity index is 720. The van der Waals surface area contributed by atoms with Crippen LogP contribution in [0.25, 0.3) is 0 Å². The van der Waals surface area contributed by atoms with Gasteiger partial charge in [0.2, 0.25) is 11.7 Å². The zero-order valence-corrected chi connectivity index (χ0v) is 14.9. The average Bonchev–Trinajstić information content (AvgIpc) is 2.70. The molecule has 0 aromatic carbocycles. The van der Waals surface area contributed by atoms with Gasteiger partial charge in [0.05, 0.1) is 0 Å². The summed E-state index contributed by atoms with van der Waals surface area (Å²) >= 11 is 0. The summed E-state index contributed by atoms with van der Waals surface area (Å²) in [7, 11) is -16.2. The minimum Gasteiger partial charge on any atom is -0.375 e. The van der Waals surface area contributed by atoms with Crippen molar-refractivity contribution in [3.05, 3.63) is 18.7 Å². The van der Waals surface area contributed by atoms with Gasteiger partial charge in [-0.3, -0.25) is 13.7 Å². The van der Waals surface area contributed by atoms with Gasteiger partial charge in [-0.2, -0.15) is 0 Å². The number of hydrogen-bond acceptors (Lipinski definition) is 5. The molecule has 0 aliphatic heterocycles. The summed E-state index contributed by atoms with van der Waals surface area (Å²) in [5.74, 6) is 0. The van der Waals surface area contributed by atoms with Crippen molar-refractivity contribution in [3.8, 4) is 0 Å². The lowest BCUT2D eigenvalue weighted by Crippen LogP contribution is -2.45. The van der Waals surface area contributed by atoms with Gasteiger partial charge in [0.25, 0.3) is 0 Å². The van der Waals surface area contributed by atoms with Gasteiger partial charge in [-0.15, -0.1) is 0 Å². The summed E-state index contributed by atoms with van der Waals surface area (Å²) in [6, 6.07) is 0. The molecule has 1 aromatic heterocycles. The molecule has 16 heteroatoms. The monoisotopic (exact) mass is 427 g/mol. The molecular weight excluding hydrogens is 405 g/mol. The van der Waals surface area contributed by atoms with E-state index < -0.39 is 46.3 Å². The third kappa shape index (κ3) is 5.29. The largest absolute Gasteiger partial charge is 0.375 e. The van der Waals surface area contributed by atoms with Crippen LogP contribution < -0.4 is 4.57 Å². The fourth-order valence-electron chi connectivity index (χ4n) is 1.66. The van der Waals surface area contributed by atoms with Crippen molar-refractivity contribution in [3.63, 3.8) is 0 Å². The Labute approximate surface area is 142 Å². The molecule has 0 spiro atoms. The highest BCUT2D eigenvalue weighted by molar-refractivity contribution is 7.72. The lowest BCUT2D eigenvalue weighted by Gasteiger charge is -2.27. The second kappa shape index (κ2) is 7.30. The normalized spacial score (nSPS) is 16.2. The van der Waals surface area contributed by atoms with E-state index in [1.807, 2.05) is 0 Å². The lowest BCUT2D eigenvalue weighted by atomic mass is 10.4. The molecule has 0 bridgehead atoms. The first-order chi connectivity index (χ1) is 10.4. The molecule has 0 saturated carbocycles. The molecule has 0 aliphatic rings. The van der Waals surface area contributed by atoms with Gasteiger partial charge in [0.1, 0.15) is 25.5 Å². The quantitative estimate of drug-likeness (QED) is 0.181. The molecule has 0 fully saturated rings. The van der Waals surface area contributed by atoms with Gasteiger partial charge in [0, 0.05) is 0 Å². The maximum Gasteiger partial charge on any atom is 0.373 e. The topological polar surface area (TPSA) is 222 Å². The highest BCUT2D eigenvalue weighted by Gasteiger charge is 2.61. The fraction of sp³-hybridized carbons (Fsp3) is 0.667. The Balaban J connectivity index is 0.00000576. The molecule has 1 aromatic rings. The van der Waals surface area contributed by atoms with E-state index in [-0.39, 0.29) is 7.43 Å². The maximum atomic E-state index is 11.3. The van der Waals surface area contributed by atoms with E-state index >= 15 is 0 Å². The SMILES string of the molecule is C.CC(O)(C[n+]1ccn(CC(O)(P(=O)(O)O)P(=O)(O)O)c1)P(=O)(O)O. The zero-order valence-electron chi connectivity index (χ0n) is 12.2. The minimum absolute atomic E-state index is 0. The smallest absolute Gasteiger partial charge is 0.373 e. The highest BCUT2D eigenvalue weighted by Crippen LogP contribution is 2.67. The third-order valence-corrected chi connectivity index (χ3v) is 8.29. The van der Waals surface area contributed by atoms with E-state index in [4.69, 9.17) is 29.4 Å². The lowest BCUT2D eigenvalue weighted by molar-refractivity contribution is -0.705. The molecule has 25 heavy (non-hydrogen) atoms. The standard InChI is InChI=1S/C8H17N2O11P3.CH4/c1-7(11,22(13,14)15)4-9-2-3-10(6-9)5-8(12,23(16,17)18)24(19,20)21;/h2-3,6,11-12H,4-5H2,1H3,(H5-,13,14,15,16,17,18,19,20,21);1H4/p+1. The first kappa shape index (κ1) is 24.6. The Morgan fingerprint density at radius 3 is 1.76 bits per heavy atom. The van der Waals surface area contributed by atoms with Crippen molar-refractivity contribution in [2.24, 2.45) is 0 Å². The van der Waals surface area contributed by atoms with Crippen molar-refractivity contribution >= 4 is 22.8 Å². The van der Waals surface area contributed by atoms with E-state index in [0.29, 0.717) is 0 Å². The predicted molar refractivity (Wildman–Crippen MR) is 83.1 cm³/mol. The van der Waals surface area contributed by atoms with Crippen LogP contribution in [0.4, 0.5) is 0 Å². The summed E-state index contributed by atoms with van der Waals surface area (Å²) in [5, 5.41) is 13.4. The zero-order chi connectivity index (χ0) is 19.2. The number of rotatable bonds is 7. The van der Waals surface area contributed by atoms with Crippen LogP contribution in [0.1, 0.15) is 14.4 Å². The van der Waals surface area contributed by atoms with E-state index in [1.54, 1.807) is 0 Å². The van der Waals surface area contributed by atoms with Crippen molar-refractivity contribution in [2.75, 3.05) is 0 Å². The van der Waals surface area contributed by atoms with Crippen LogP contribution >= 0.6 is 22.8 Å². The molecule has 13 nitrogen and oxygen atoms in total. The molecule has 1 rings (SSSR count). The first-order valence-electron chi connectivity index (χ1n) is 6.07. The van der Waals surface area contributed by atoms with Gasteiger partial charge in [-0.25, -0.2) is 9.13 Å². The Hall–Kier alpha value is -0.420.